The zero-order chi connectivity index (χ0) is 7.72. The number of hydrogen-bond donors (Lipinski definition) is 0. The molecule has 0 aliphatic carbocycles. The minimum Gasteiger partial charge on any atom is -0.362 e. The first-order chi connectivity index (χ1) is 4.63. The molecule has 0 unspecified atom stereocenters. The maximum atomic E-state index is 5.77. The van der Waals surface area contributed by atoms with Gasteiger partial charge in [-0.1, -0.05) is 11.6 Å². The fourth-order valence-corrected chi connectivity index (χ4v) is 1.24. The molecule has 0 radical (unpaired) electrons. The van der Waals surface area contributed by atoms with Crippen LogP contribution in [0.3, 0.4) is 0 Å². The number of aryl methyl sites for hydroxylation is 1. The van der Waals surface area contributed by atoms with E-state index in [1.165, 1.54) is 0 Å². The van der Waals surface area contributed by atoms with Gasteiger partial charge in [-0.25, -0.2) is 4.98 Å². The van der Waals surface area contributed by atoms with Gasteiger partial charge in [0.1, 0.15) is 5.82 Å². The molecule has 1 rings (SSSR count). The summed E-state index contributed by atoms with van der Waals surface area (Å²) in [6.45, 7) is 0. The van der Waals surface area contributed by atoms with Gasteiger partial charge in [-0.05, 0) is 0 Å². The molecule has 0 amide bonds. The lowest BCUT2D eigenvalue weighted by atomic mass is 10.6. The lowest BCUT2D eigenvalue weighted by molar-refractivity contribution is 0.878. The van der Waals surface area contributed by atoms with Crippen LogP contribution in [0.15, 0.2) is 6.33 Å². The third-order valence-electron chi connectivity index (χ3n) is 1.29. The Morgan fingerprint density at radius 3 is 2.40 bits per heavy atom. The van der Waals surface area contributed by atoms with Gasteiger partial charge in [0.05, 0.1) is 6.33 Å². The van der Waals surface area contributed by atoms with Crippen LogP contribution in [0.2, 0.25) is 5.15 Å². The van der Waals surface area contributed by atoms with Gasteiger partial charge in [0, 0.05) is 21.1 Å². The molecule has 1 heterocycles. The van der Waals surface area contributed by atoms with Crippen LogP contribution in [0.1, 0.15) is 0 Å². The fourth-order valence-electron chi connectivity index (χ4n) is 0.895. The fraction of sp³-hybridized carbons (Fsp3) is 0.500. The average molecular weight is 160 g/mol. The average Bonchev–Trinajstić information content (AvgIpc) is 2.11. The summed E-state index contributed by atoms with van der Waals surface area (Å²) < 4.78 is 1.88. The van der Waals surface area contributed by atoms with E-state index in [-0.39, 0.29) is 0 Å². The summed E-state index contributed by atoms with van der Waals surface area (Å²) in [5, 5.41) is 0.549. The molecular formula is C6H10ClN3. The first-order valence-electron chi connectivity index (χ1n) is 2.97. The Morgan fingerprint density at radius 2 is 2.20 bits per heavy atom. The highest BCUT2D eigenvalue weighted by Gasteiger charge is 2.06. The normalized spacial score (nSPS) is 10.0. The van der Waals surface area contributed by atoms with Gasteiger partial charge in [0.15, 0.2) is 5.15 Å². The van der Waals surface area contributed by atoms with Crippen LogP contribution in [-0.4, -0.2) is 23.6 Å². The topological polar surface area (TPSA) is 21.1 Å². The van der Waals surface area contributed by atoms with Gasteiger partial charge in [-0.2, -0.15) is 0 Å². The van der Waals surface area contributed by atoms with Gasteiger partial charge in [-0.3, -0.25) is 0 Å². The van der Waals surface area contributed by atoms with Gasteiger partial charge in [0.25, 0.3) is 0 Å². The second-order valence-corrected chi connectivity index (χ2v) is 2.72. The van der Waals surface area contributed by atoms with Crippen molar-refractivity contribution < 1.29 is 0 Å². The van der Waals surface area contributed by atoms with Crippen molar-refractivity contribution in [2.75, 3.05) is 19.0 Å². The Hall–Kier alpha value is -0.700. The molecule has 0 aromatic carbocycles. The van der Waals surface area contributed by atoms with E-state index >= 15 is 0 Å². The van der Waals surface area contributed by atoms with Crippen molar-refractivity contribution in [3.8, 4) is 0 Å². The molecule has 10 heavy (non-hydrogen) atoms. The molecule has 0 fully saturated rings. The SMILES string of the molecule is CN(C)c1c(Cl)ncn1C. The number of halogens is 1. The smallest absolute Gasteiger partial charge is 0.171 e. The van der Waals surface area contributed by atoms with Crippen LogP contribution in [-0.2, 0) is 7.05 Å². The van der Waals surface area contributed by atoms with Gasteiger partial charge < -0.3 is 9.47 Å². The lowest BCUT2D eigenvalue weighted by Crippen LogP contribution is -2.12. The monoisotopic (exact) mass is 159 g/mol. The molecule has 3 nitrogen and oxygen atoms in total. The third-order valence-corrected chi connectivity index (χ3v) is 1.55. The van der Waals surface area contributed by atoms with Crippen molar-refractivity contribution in [1.82, 2.24) is 9.55 Å². The first kappa shape index (κ1) is 7.41. The summed E-state index contributed by atoms with van der Waals surface area (Å²) in [5.41, 5.74) is 0. The molecule has 4 heteroatoms. The molecule has 1 aromatic heterocycles. The zero-order valence-electron chi connectivity index (χ0n) is 6.30. The molecule has 0 spiro atoms. The maximum Gasteiger partial charge on any atom is 0.171 e. The highest BCUT2D eigenvalue weighted by Crippen LogP contribution is 2.20. The van der Waals surface area contributed by atoms with E-state index in [1.807, 2.05) is 30.6 Å². The molecule has 0 aliphatic rings. The molecule has 0 saturated carbocycles. The summed E-state index contributed by atoms with van der Waals surface area (Å²) in [4.78, 5) is 5.85. The summed E-state index contributed by atoms with van der Waals surface area (Å²) in [6, 6.07) is 0. The molecule has 56 valence electrons. The van der Waals surface area contributed by atoms with Gasteiger partial charge >= 0.3 is 0 Å². The Bertz CT molecular complexity index is 209. The van der Waals surface area contributed by atoms with E-state index in [0.717, 1.165) is 5.82 Å². The summed E-state index contributed by atoms with van der Waals surface area (Å²) in [6.07, 6.45) is 1.69. The number of anilines is 1. The van der Waals surface area contributed by atoms with Crippen molar-refractivity contribution in [3.05, 3.63) is 11.5 Å². The highest BCUT2D eigenvalue weighted by molar-refractivity contribution is 6.31. The first-order valence-corrected chi connectivity index (χ1v) is 3.35. The van der Waals surface area contributed by atoms with E-state index in [0.29, 0.717) is 5.15 Å². The summed E-state index contributed by atoms with van der Waals surface area (Å²) >= 11 is 5.77. The van der Waals surface area contributed by atoms with Crippen LogP contribution in [0.25, 0.3) is 0 Å². The lowest BCUT2D eigenvalue weighted by Gasteiger charge is -2.12. The van der Waals surface area contributed by atoms with E-state index in [9.17, 15) is 0 Å². The molecule has 0 aliphatic heterocycles. The van der Waals surface area contributed by atoms with Crippen molar-refractivity contribution in [1.29, 1.82) is 0 Å². The van der Waals surface area contributed by atoms with Crippen LogP contribution in [0.4, 0.5) is 5.82 Å². The quantitative estimate of drug-likeness (QED) is 0.613. The van der Waals surface area contributed by atoms with Crippen LogP contribution in [0.5, 0.6) is 0 Å². The minimum atomic E-state index is 0.549. The van der Waals surface area contributed by atoms with Crippen molar-refractivity contribution in [2.24, 2.45) is 7.05 Å². The second kappa shape index (κ2) is 2.50. The van der Waals surface area contributed by atoms with Crippen molar-refractivity contribution >= 4 is 17.4 Å². The summed E-state index contributed by atoms with van der Waals surface area (Å²) in [7, 11) is 5.78. The Kier molecular flexibility index (Phi) is 1.85. The predicted molar refractivity (Wildman–Crippen MR) is 42.5 cm³/mol. The number of rotatable bonds is 1. The molecular weight excluding hydrogens is 150 g/mol. The van der Waals surface area contributed by atoms with Crippen LogP contribution < -0.4 is 4.90 Å². The maximum absolute atomic E-state index is 5.77. The van der Waals surface area contributed by atoms with Gasteiger partial charge in [-0.15, -0.1) is 0 Å². The molecule has 0 saturated heterocycles. The van der Waals surface area contributed by atoms with Crippen molar-refractivity contribution in [3.63, 3.8) is 0 Å². The van der Waals surface area contributed by atoms with Gasteiger partial charge in [0.2, 0.25) is 0 Å². The van der Waals surface area contributed by atoms with E-state index in [4.69, 9.17) is 11.6 Å². The van der Waals surface area contributed by atoms with Crippen molar-refractivity contribution in [2.45, 2.75) is 0 Å². The number of hydrogen-bond acceptors (Lipinski definition) is 2. The van der Waals surface area contributed by atoms with E-state index in [2.05, 4.69) is 4.98 Å². The zero-order valence-corrected chi connectivity index (χ0v) is 7.05. The van der Waals surface area contributed by atoms with E-state index < -0.39 is 0 Å². The molecule has 0 N–H and O–H groups in total. The standard InChI is InChI=1S/C6H10ClN3/c1-9(2)6-5(7)8-4-10(6)3/h4H,1-3H3. The van der Waals surface area contributed by atoms with Crippen LogP contribution in [0, 0.1) is 0 Å². The molecule has 1 aromatic rings. The minimum absolute atomic E-state index is 0.549. The Labute approximate surface area is 65.2 Å². The largest absolute Gasteiger partial charge is 0.362 e. The summed E-state index contributed by atoms with van der Waals surface area (Å²) in [5.74, 6) is 0.932. The highest BCUT2D eigenvalue weighted by atomic mass is 35.5. The Balaban J connectivity index is 3.10. The molecule has 0 bridgehead atoms. The number of aromatic nitrogens is 2. The Morgan fingerprint density at radius 1 is 1.60 bits per heavy atom. The number of nitrogens with zero attached hydrogens (tertiary/aromatic N) is 3. The second-order valence-electron chi connectivity index (χ2n) is 2.36. The number of imidazole rings is 1. The van der Waals surface area contributed by atoms with E-state index in [1.54, 1.807) is 6.33 Å². The van der Waals surface area contributed by atoms with Crippen LogP contribution >= 0.6 is 11.6 Å². The predicted octanol–water partition coefficient (Wildman–Crippen LogP) is 1.14. The molecule has 0 atom stereocenters. The third kappa shape index (κ3) is 1.09.